The summed E-state index contributed by atoms with van der Waals surface area (Å²) in [6, 6.07) is 13.4. The smallest absolute Gasteiger partial charge is 0.271 e. The molecule has 1 amide bonds. The van der Waals surface area contributed by atoms with E-state index in [1.807, 2.05) is 18.2 Å². The van der Waals surface area contributed by atoms with Crippen molar-refractivity contribution in [2.45, 2.75) is 52.6 Å². The second-order valence-corrected chi connectivity index (χ2v) is 6.91. The van der Waals surface area contributed by atoms with Gasteiger partial charge in [-0.2, -0.15) is 5.10 Å². The minimum Gasteiger partial charge on any atom is -0.349 e. The number of aromatic nitrogens is 2. The molecule has 6 heteroatoms. The van der Waals surface area contributed by atoms with Crippen molar-refractivity contribution in [3.05, 3.63) is 64.1 Å². The first-order valence-corrected chi connectivity index (χ1v) is 10.2. The lowest BCUT2D eigenvalue weighted by molar-refractivity contribution is 0.0927. The Kier molecular flexibility index (Phi) is 8.88. The highest BCUT2D eigenvalue weighted by molar-refractivity contribution is 5.92. The first kappa shape index (κ1) is 21.8. The predicted molar refractivity (Wildman–Crippen MR) is 113 cm³/mol. The molecule has 1 atom stereocenters. The lowest BCUT2D eigenvalue weighted by atomic mass is 10.0. The third kappa shape index (κ3) is 6.30. The van der Waals surface area contributed by atoms with E-state index in [0.29, 0.717) is 13.1 Å². The van der Waals surface area contributed by atoms with Gasteiger partial charge in [0.25, 0.3) is 11.5 Å². The Labute approximate surface area is 167 Å². The fourth-order valence-corrected chi connectivity index (χ4v) is 3.30. The Morgan fingerprint density at radius 2 is 1.82 bits per heavy atom. The highest BCUT2D eigenvalue weighted by Gasteiger charge is 2.18. The van der Waals surface area contributed by atoms with E-state index in [1.54, 1.807) is 0 Å². The van der Waals surface area contributed by atoms with Gasteiger partial charge in [-0.1, -0.05) is 57.5 Å². The molecule has 1 aromatic carbocycles. The first-order chi connectivity index (χ1) is 13.6. The molecule has 6 nitrogen and oxygen atoms in total. The van der Waals surface area contributed by atoms with E-state index >= 15 is 0 Å². The third-order valence-electron chi connectivity index (χ3n) is 4.96. The molecular weight excluding hydrogens is 352 g/mol. The summed E-state index contributed by atoms with van der Waals surface area (Å²) in [5, 5.41) is 7.25. The number of amides is 1. The van der Waals surface area contributed by atoms with Crippen LogP contribution in [-0.4, -0.2) is 46.3 Å². The molecule has 0 radical (unpaired) electrons. The molecular formula is C22H32N4O2. The van der Waals surface area contributed by atoms with Gasteiger partial charge in [-0.05, 0) is 37.6 Å². The zero-order valence-corrected chi connectivity index (χ0v) is 17.2. The molecule has 0 spiro atoms. The van der Waals surface area contributed by atoms with Crippen molar-refractivity contribution in [2.75, 3.05) is 19.6 Å². The van der Waals surface area contributed by atoms with Crippen LogP contribution in [0.5, 0.6) is 0 Å². The van der Waals surface area contributed by atoms with Crippen LogP contribution in [0.4, 0.5) is 0 Å². The summed E-state index contributed by atoms with van der Waals surface area (Å²) in [4.78, 5) is 26.9. The van der Waals surface area contributed by atoms with E-state index in [-0.39, 0.29) is 23.2 Å². The summed E-state index contributed by atoms with van der Waals surface area (Å²) in [6.45, 7) is 9.23. The SMILES string of the molecule is CCCCn1nc(C(=O)NCC(Cc2ccccc2)N(CC)CC)ccc1=O. The van der Waals surface area contributed by atoms with Crippen LogP contribution in [0.2, 0.25) is 0 Å². The molecule has 152 valence electrons. The lowest BCUT2D eigenvalue weighted by Crippen LogP contribution is -2.45. The summed E-state index contributed by atoms with van der Waals surface area (Å²) < 4.78 is 1.38. The zero-order valence-electron chi connectivity index (χ0n) is 17.2. The molecule has 0 aliphatic carbocycles. The molecule has 0 aliphatic rings. The maximum atomic E-state index is 12.6. The molecule has 0 aliphatic heterocycles. The molecule has 1 unspecified atom stereocenters. The van der Waals surface area contributed by atoms with Gasteiger partial charge in [0.2, 0.25) is 0 Å². The monoisotopic (exact) mass is 384 g/mol. The number of nitrogens with zero attached hydrogens (tertiary/aromatic N) is 3. The Hall–Kier alpha value is -2.47. The van der Waals surface area contributed by atoms with Gasteiger partial charge in [-0.25, -0.2) is 4.68 Å². The molecule has 0 fully saturated rings. The van der Waals surface area contributed by atoms with E-state index in [2.05, 4.69) is 48.2 Å². The molecule has 2 aromatic rings. The molecule has 2 rings (SSSR count). The average Bonchev–Trinajstić information content (AvgIpc) is 2.72. The number of nitrogens with one attached hydrogen (secondary N) is 1. The van der Waals surface area contributed by atoms with Gasteiger partial charge in [-0.3, -0.25) is 14.5 Å². The van der Waals surface area contributed by atoms with Crippen LogP contribution < -0.4 is 10.9 Å². The van der Waals surface area contributed by atoms with Gasteiger partial charge in [0, 0.05) is 25.2 Å². The van der Waals surface area contributed by atoms with Crippen LogP contribution in [0.3, 0.4) is 0 Å². The predicted octanol–water partition coefficient (Wildman–Crippen LogP) is 2.73. The number of carbonyl (C=O) groups is 1. The minimum absolute atomic E-state index is 0.171. The standard InChI is InChI=1S/C22H32N4O2/c1-4-7-15-26-21(27)14-13-20(24-26)22(28)23-17-19(25(5-2)6-3)16-18-11-9-8-10-12-18/h8-14,19H,4-7,15-17H2,1-3H3,(H,23,28). The fourth-order valence-electron chi connectivity index (χ4n) is 3.30. The first-order valence-electron chi connectivity index (χ1n) is 10.2. The summed E-state index contributed by atoms with van der Waals surface area (Å²) in [5.74, 6) is -0.240. The van der Waals surface area contributed by atoms with Crippen molar-refractivity contribution >= 4 is 5.91 Å². The molecule has 0 saturated carbocycles. The number of aryl methyl sites for hydroxylation is 1. The van der Waals surface area contributed by atoms with Gasteiger partial charge in [-0.15, -0.1) is 0 Å². The highest BCUT2D eigenvalue weighted by atomic mass is 16.2. The minimum atomic E-state index is -0.240. The lowest BCUT2D eigenvalue weighted by Gasteiger charge is -2.30. The number of carbonyl (C=O) groups excluding carboxylic acids is 1. The molecule has 0 saturated heterocycles. The Bertz CT molecular complexity index is 785. The summed E-state index contributed by atoms with van der Waals surface area (Å²) in [7, 11) is 0. The number of hydrogen-bond acceptors (Lipinski definition) is 4. The molecule has 28 heavy (non-hydrogen) atoms. The molecule has 1 heterocycles. The van der Waals surface area contributed by atoms with E-state index in [0.717, 1.165) is 32.4 Å². The van der Waals surface area contributed by atoms with Gasteiger partial charge in [0.05, 0.1) is 0 Å². The topological polar surface area (TPSA) is 67.2 Å². The highest BCUT2D eigenvalue weighted by Crippen LogP contribution is 2.09. The van der Waals surface area contributed by atoms with Crippen LogP contribution in [0, 0.1) is 0 Å². The summed E-state index contributed by atoms with van der Waals surface area (Å²) in [5.41, 5.74) is 1.36. The third-order valence-corrected chi connectivity index (χ3v) is 4.96. The Morgan fingerprint density at radius 3 is 2.46 bits per heavy atom. The average molecular weight is 385 g/mol. The zero-order chi connectivity index (χ0) is 20.4. The van der Waals surface area contributed by atoms with Crippen LogP contribution in [0.1, 0.15) is 49.7 Å². The number of unbranched alkanes of at least 4 members (excludes halogenated alkanes) is 1. The number of benzene rings is 1. The van der Waals surface area contributed by atoms with Gasteiger partial charge < -0.3 is 5.32 Å². The number of rotatable bonds is 11. The Morgan fingerprint density at radius 1 is 1.11 bits per heavy atom. The second kappa shape index (κ2) is 11.4. The fraction of sp³-hybridized carbons (Fsp3) is 0.500. The van der Waals surface area contributed by atoms with E-state index < -0.39 is 0 Å². The largest absolute Gasteiger partial charge is 0.349 e. The quantitative estimate of drug-likeness (QED) is 0.647. The normalized spacial score (nSPS) is 12.1. The Balaban J connectivity index is 2.07. The number of hydrogen-bond donors (Lipinski definition) is 1. The van der Waals surface area contributed by atoms with Crippen LogP contribution in [0.15, 0.2) is 47.3 Å². The van der Waals surface area contributed by atoms with Gasteiger partial charge >= 0.3 is 0 Å². The second-order valence-electron chi connectivity index (χ2n) is 6.91. The summed E-state index contributed by atoms with van der Waals surface area (Å²) >= 11 is 0. The van der Waals surface area contributed by atoms with Crippen molar-refractivity contribution in [3.8, 4) is 0 Å². The van der Waals surface area contributed by atoms with Crippen molar-refractivity contribution in [1.29, 1.82) is 0 Å². The van der Waals surface area contributed by atoms with E-state index in [9.17, 15) is 9.59 Å². The molecule has 0 bridgehead atoms. The van der Waals surface area contributed by atoms with Crippen molar-refractivity contribution < 1.29 is 4.79 Å². The maximum Gasteiger partial charge on any atom is 0.271 e. The summed E-state index contributed by atoms with van der Waals surface area (Å²) in [6.07, 6.45) is 2.70. The van der Waals surface area contributed by atoms with Crippen molar-refractivity contribution in [2.24, 2.45) is 0 Å². The van der Waals surface area contributed by atoms with Gasteiger partial charge in [0.1, 0.15) is 5.69 Å². The van der Waals surface area contributed by atoms with E-state index in [4.69, 9.17) is 0 Å². The van der Waals surface area contributed by atoms with Crippen LogP contribution >= 0.6 is 0 Å². The molecule has 1 N–H and O–H groups in total. The van der Waals surface area contributed by atoms with Gasteiger partial charge in [0.15, 0.2) is 0 Å². The van der Waals surface area contributed by atoms with Crippen molar-refractivity contribution in [3.63, 3.8) is 0 Å². The van der Waals surface area contributed by atoms with Crippen LogP contribution in [0.25, 0.3) is 0 Å². The van der Waals surface area contributed by atoms with Crippen LogP contribution in [-0.2, 0) is 13.0 Å². The van der Waals surface area contributed by atoms with E-state index in [1.165, 1.54) is 22.4 Å². The number of likely N-dealkylation sites (N-methyl/N-ethyl adjacent to an activating group) is 1. The molecule has 1 aromatic heterocycles. The maximum absolute atomic E-state index is 12.6. The van der Waals surface area contributed by atoms with Crippen molar-refractivity contribution in [1.82, 2.24) is 20.0 Å².